The molecule has 1 atom stereocenters. The summed E-state index contributed by atoms with van der Waals surface area (Å²) in [5, 5.41) is 1.32. The van der Waals surface area contributed by atoms with Crippen molar-refractivity contribution in [3.63, 3.8) is 0 Å². The van der Waals surface area contributed by atoms with E-state index in [2.05, 4.69) is 216 Å². The van der Waals surface area contributed by atoms with Crippen molar-refractivity contribution in [3.8, 4) is 22.3 Å². The normalized spacial score (nSPS) is 14.7. The predicted octanol–water partition coefficient (Wildman–Crippen LogP) is 14.2. The summed E-state index contributed by atoms with van der Waals surface area (Å²) in [6.45, 7) is 0. The molecular weight excluding hydrogens is 673 g/mol. The second-order valence-electron chi connectivity index (χ2n) is 14.1. The van der Waals surface area contributed by atoms with Crippen LogP contribution in [-0.4, -0.2) is 0 Å². The van der Waals surface area contributed by atoms with Gasteiger partial charge in [-0.05, 0) is 112 Å². The van der Waals surface area contributed by atoms with Crippen LogP contribution in [0.1, 0.15) is 21.6 Å². The molecule has 0 aliphatic heterocycles. The van der Waals surface area contributed by atoms with Crippen LogP contribution in [0, 0.1) is 0 Å². The Hall–Kier alpha value is -6.68. The maximum Gasteiger partial charge on any atom is 0.0820 e. The number of anilines is 6. The molecule has 9 aromatic rings. The molecule has 11 rings (SSSR count). The third kappa shape index (κ3) is 4.46. The van der Waals surface area contributed by atoms with Gasteiger partial charge >= 0.3 is 0 Å². The second-order valence-corrected chi connectivity index (χ2v) is 15.1. The molecule has 0 saturated heterocycles. The van der Waals surface area contributed by atoms with Crippen LogP contribution in [0.5, 0.6) is 0 Å². The summed E-state index contributed by atoms with van der Waals surface area (Å²) < 4.78 is 1.32. The summed E-state index contributed by atoms with van der Waals surface area (Å²) in [5.74, 6) is 0. The van der Waals surface area contributed by atoms with Gasteiger partial charge in [-0.15, -0.1) is 11.3 Å². The maximum absolute atomic E-state index is 2.49. The lowest BCUT2D eigenvalue weighted by Crippen LogP contribution is -2.25. The van der Waals surface area contributed by atoms with Gasteiger partial charge in [-0.1, -0.05) is 127 Å². The van der Waals surface area contributed by atoms with Gasteiger partial charge in [0.1, 0.15) is 0 Å². The highest BCUT2D eigenvalue weighted by Gasteiger charge is 2.54. The van der Waals surface area contributed by atoms with Crippen molar-refractivity contribution < 1.29 is 0 Å². The van der Waals surface area contributed by atoms with Crippen LogP contribution in [0.2, 0.25) is 0 Å². The summed E-state index contributed by atoms with van der Waals surface area (Å²) >= 11 is 1.95. The molecule has 3 heteroatoms. The molecule has 0 radical (unpaired) electrons. The van der Waals surface area contributed by atoms with Crippen molar-refractivity contribution in [1.82, 2.24) is 0 Å². The third-order valence-corrected chi connectivity index (χ3v) is 12.5. The van der Waals surface area contributed by atoms with Crippen LogP contribution < -0.4 is 9.80 Å². The fraction of sp³-hybridized carbons (Fsp3) is 0.0196. The first-order valence-corrected chi connectivity index (χ1v) is 19.3. The molecule has 1 heterocycles. The van der Waals surface area contributed by atoms with Crippen molar-refractivity contribution >= 4 is 55.5 Å². The summed E-state index contributed by atoms with van der Waals surface area (Å²) in [5.41, 5.74) is 15.6. The highest BCUT2D eigenvalue weighted by molar-refractivity contribution is 7.20. The Balaban J connectivity index is 1.23. The molecule has 0 N–H and O–H groups in total. The molecule has 2 aliphatic rings. The van der Waals surface area contributed by atoms with Gasteiger partial charge in [-0.3, -0.25) is 0 Å². The lowest BCUT2D eigenvalue weighted by Gasteiger charge is -2.32. The van der Waals surface area contributed by atoms with Gasteiger partial charge in [-0.2, -0.15) is 0 Å². The molecule has 254 valence electrons. The first-order valence-electron chi connectivity index (χ1n) is 18.5. The average Bonchev–Trinajstić information content (AvgIpc) is 3.86. The summed E-state index contributed by atoms with van der Waals surface area (Å²) in [6, 6.07) is 75.4. The number of nitrogens with zero attached hydrogens (tertiary/aromatic N) is 2. The van der Waals surface area contributed by atoms with E-state index in [1.54, 1.807) is 0 Å². The molecule has 0 fully saturated rings. The van der Waals surface area contributed by atoms with E-state index in [0.717, 1.165) is 34.1 Å². The second kappa shape index (κ2) is 12.2. The van der Waals surface area contributed by atoms with E-state index in [1.165, 1.54) is 53.9 Å². The van der Waals surface area contributed by atoms with Crippen molar-refractivity contribution in [2.75, 3.05) is 9.80 Å². The van der Waals surface area contributed by atoms with Gasteiger partial charge in [-0.25, -0.2) is 0 Å². The summed E-state index contributed by atoms with van der Waals surface area (Å²) in [7, 11) is 0. The molecule has 0 amide bonds. The summed E-state index contributed by atoms with van der Waals surface area (Å²) in [4.78, 5) is 6.18. The zero-order valence-corrected chi connectivity index (χ0v) is 30.2. The number of hydrogen-bond acceptors (Lipinski definition) is 3. The molecular formula is C51H34N2S. The van der Waals surface area contributed by atoms with E-state index in [0.29, 0.717) is 0 Å². The largest absolute Gasteiger partial charge is 0.310 e. The molecule has 0 saturated carbocycles. The van der Waals surface area contributed by atoms with Crippen LogP contribution in [0.25, 0.3) is 32.3 Å². The number of rotatable bonds is 6. The number of fused-ring (bicyclic) bond motifs is 12. The Morgan fingerprint density at radius 2 is 0.759 bits per heavy atom. The highest BCUT2D eigenvalue weighted by atomic mass is 32.1. The number of para-hydroxylation sites is 4. The van der Waals surface area contributed by atoms with E-state index in [9.17, 15) is 0 Å². The minimum atomic E-state index is -0.510. The van der Waals surface area contributed by atoms with E-state index >= 15 is 0 Å². The van der Waals surface area contributed by atoms with E-state index < -0.39 is 5.41 Å². The first kappa shape index (κ1) is 30.9. The Morgan fingerprint density at radius 1 is 0.333 bits per heavy atom. The van der Waals surface area contributed by atoms with Gasteiger partial charge in [0.15, 0.2) is 0 Å². The number of thiophene rings is 1. The highest BCUT2D eigenvalue weighted by Crippen LogP contribution is 2.67. The average molecular weight is 707 g/mol. The van der Waals surface area contributed by atoms with Crippen molar-refractivity contribution in [3.05, 3.63) is 228 Å². The molecule has 0 bridgehead atoms. The predicted molar refractivity (Wildman–Crippen MR) is 227 cm³/mol. The van der Waals surface area contributed by atoms with Crippen molar-refractivity contribution in [2.45, 2.75) is 5.41 Å². The fourth-order valence-electron chi connectivity index (χ4n) is 9.04. The first-order chi connectivity index (χ1) is 26.8. The van der Waals surface area contributed by atoms with Crippen molar-refractivity contribution in [2.24, 2.45) is 0 Å². The molecule has 0 unspecified atom stereocenters. The Bertz CT molecular complexity index is 2750. The Labute approximate surface area is 319 Å². The van der Waals surface area contributed by atoms with Gasteiger partial charge in [0.05, 0.1) is 5.41 Å². The SMILES string of the molecule is c1ccc(N(c2ccccc2)c2ccc3c(c2)[C@@]2(c4ccccc4-3)c3cc(N(c4ccccc4)c4ccccc4)ccc3-c3c2sc2ccccc32)cc1. The molecule has 1 spiro atoms. The molecule has 8 aromatic carbocycles. The van der Waals surface area contributed by atoms with Crippen LogP contribution in [0.3, 0.4) is 0 Å². The fourth-order valence-corrected chi connectivity index (χ4v) is 10.5. The van der Waals surface area contributed by atoms with Gasteiger partial charge in [0, 0.05) is 54.7 Å². The number of hydrogen-bond donors (Lipinski definition) is 0. The number of benzene rings is 8. The minimum absolute atomic E-state index is 0.510. The van der Waals surface area contributed by atoms with Gasteiger partial charge in [0.2, 0.25) is 0 Å². The van der Waals surface area contributed by atoms with Gasteiger partial charge < -0.3 is 9.80 Å². The summed E-state index contributed by atoms with van der Waals surface area (Å²) in [6.07, 6.45) is 0. The van der Waals surface area contributed by atoms with Gasteiger partial charge in [0.25, 0.3) is 0 Å². The lowest BCUT2D eigenvalue weighted by atomic mass is 9.73. The molecule has 54 heavy (non-hydrogen) atoms. The minimum Gasteiger partial charge on any atom is -0.310 e. The topological polar surface area (TPSA) is 6.48 Å². The van der Waals surface area contributed by atoms with E-state index in [4.69, 9.17) is 0 Å². The molecule has 2 nitrogen and oxygen atoms in total. The van der Waals surface area contributed by atoms with E-state index in [1.807, 2.05) is 11.3 Å². The maximum atomic E-state index is 2.49. The van der Waals surface area contributed by atoms with Crippen molar-refractivity contribution in [1.29, 1.82) is 0 Å². The molecule has 2 aliphatic carbocycles. The smallest absolute Gasteiger partial charge is 0.0820 e. The molecule has 1 aromatic heterocycles. The lowest BCUT2D eigenvalue weighted by molar-refractivity contribution is 0.811. The zero-order valence-electron chi connectivity index (χ0n) is 29.4. The Kier molecular flexibility index (Phi) is 6.98. The Morgan fingerprint density at radius 3 is 1.31 bits per heavy atom. The quantitative estimate of drug-likeness (QED) is 0.170. The standard InChI is InChI=1S/C51H34N2S/c1-5-17-35(18-6-1)52(36-19-7-2-8-20-36)39-29-31-42-41-25-13-15-27-45(41)51(46(42)33-39)47-34-40(53(37-21-9-3-10-22-37)38-23-11-4-12-24-38)30-32-43(47)49-44-26-14-16-28-48(44)54-50(49)51/h1-34H/t51-/m0/s1. The van der Waals surface area contributed by atoms with Crippen LogP contribution >= 0.6 is 11.3 Å². The monoisotopic (exact) mass is 706 g/mol. The van der Waals surface area contributed by atoms with Crippen LogP contribution in [0.15, 0.2) is 206 Å². The van der Waals surface area contributed by atoms with Crippen LogP contribution in [0.4, 0.5) is 34.1 Å². The van der Waals surface area contributed by atoms with Crippen LogP contribution in [-0.2, 0) is 5.41 Å². The third-order valence-electron chi connectivity index (χ3n) is 11.2. The van der Waals surface area contributed by atoms with E-state index in [-0.39, 0.29) is 0 Å². The zero-order chi connectivity index (χ0) is 35.6.